The summed E-state index contributed by atoms with van der Waals surface area (Å²) >= 11 is 3.54. The van der Waals surface area contributed by atoms with E-state index in [1.165, 1.54) is 26.7 Å². The summed E-state index contributed by atoms with van der Waals surface area (Å²) in [7, 11) is 0. The first-order valence-electron chi connectivity index (χ1n) is 6.52. The van der Waals surface area contributed by atoms with E-state index in [4.69, 9.17) is 5.73 Å². The van der Waals surface area contributed by atoms with Gasteiger partial charge in [0.05, 0.1) is 0 Å². The van der Waals surface area contributed by atoms with E-state index >= 15 is 0 Å². The molecule has 2 N–H and O–H groups in total. The normalized spacial score (nSPS) is 14.6. The molecule has 0 amide bonds. The molecule has 98 valence electrons. The fourth-order valence-electron chi connectivity index (χ4n) is 2.58. The molecular weight excluding hydrogens is 300 g/mol. The van der Waals surface area contributed by atoms with E-state index in [0.717, 1.165) is 19.6 Å². The van der Waals surface area contributed by atoms with Gasteiger partial charge in [-0.3, -0.25) is 4.90 Å². The molecule has 2 aromatic rings. The van der Waals surface area contributed by atoms with Crippen molar-refractivity contribution in [1.29, 1.82) is 0 Å². The van der Waals surface area contributed by atoms with E-state index in [1.807, 2.05) is 0 Å². The third kappa shape index (κ3) is 2.89. The molecular formula is C16H17BrN2. The van der Waals surface area contributed by atoms with Gasteiger partial charge < -0.3 is 5.73 Å². The second-order valence-electron chi connectivity index (χ2n) is 5.08. The van der Waals surface area contributed by atoms with Crippen LogP contribution in [-0.4, -0.2) is 4.90 Å². The zero-order chi connectivity index (χ0) is 13.2. The number of hydrogen-bond acceptors (Lipinski definition) is 2. The Morgan fingerprint density at radius 3 is 2.37 bits per heavy atom. The van der Waals surface area contributed by atoms with Crippen LogP contribution in [0.2, 0.25) is 0 Å². The van der Waals surface area contributed by atoms with Gasteiger partial charge in [0.1, 0.15) is 0 Å². The van der Waals surface area contributed by atoms with Crippen molar-refractivity contribution in [1.82, 2.24) is 4.90 Å². The average molecular weight is 317 g/mol. The van der Waals surface area contributed by atoms with Gasteiger partial charge in [0.15, 0.2) is 0 Å². The zero-order valence-corrected chi connectivity index (χ0v) is 12.4. The Labute approximate surface area is 122 Å². The van der Waals surface area contributed by atoms with E-state index < -0.39 is 0 Å². The molecule has 0 fully saturated rings. The lowest BCUT2D eigenvalue weighted by atomic mass is 10.1. The van der Waals surface area contributed by atoms with E-state index in [0.29, 0.717) is 6.54 Å². The van der Waals surface area contributed by atoms with Crippen molar-refractivity contribution in [2.24, 2.45) is 5.73 Å². The highest BCUT2D eigenvalue weighted by Crippen LogP contribution is 2.27. The molecule has 1 aliphatic rings. The summed E-state index contributed by atoms with van der Waals surface area (Å²) in [6.07, 6.45) is 0. The Balaban J connectivity index is 1.69. The van der Waals surface area contributed by atoms with Crippen LogP contribution in [0.4, 0.5) is 0 Å². The van der Waals surface area contributed by atoms with Crippen molar-refractivity contribution in [3.05, 3.63) is 69.2 Å². The maximum absolute atomic E-state index is 5.62. The summed E-state index contributed by atoms with van der Waals surface area (Å²) in [6, 6.07) is 15.2. The summed E-state index contributed by atoms with van der Waals surface area (Å²) in [5.41, 5.74) is 11.0. The first-order chi connectivity index (χ1) is 9.24. The first kappa shape index (κ1) is 12.9. The molecule has 1 aliphatic heterocycles. The molecule has 0 saturated carbocycles. The van der Waals surface area contributed by atoms with Gasteiger partial charge in [-0.05, 0) is 34.4 Å². The Hall–Kier alpha value is -1.16. The number of fused-ring (bicyclic) bond motifs is 1. The van der Waals surface area contributed by atoms with Gasteiger partial charge in [0.2, 0.25) is 0 Å². The van der Waals surface area contributed by atoms with Gasteiger partial charge in [0, 0.05) is 30.7 Å². The van der Waals surface area contributed by atoms with Crippen LogP contribution in [-0.2, 0) is 26.2 Å². The molecule has 0 aromatic heterocycles. The minimum Gasteiger partial charge on any atom is -0.326 e. The lowest BCUT2D eigenvalue weighted by Gasteiger charge is -2.14. The zero-order valence-electron chi connectivity index (χ0n) is 10.8. The van der Waals surface area contributed by atoms with Crippen LogP contribution in [0.3, 0.4) is 0 Å². The van der Waals surface area contributed by atoms with Gasteiger partial charge in [-0.25, -0.2) is 0 Å². The predicted octanol–water partition coefficient (Wildman–Crippen LogP) is 3.42. The minimum atomic E-state index is 0.615. The quantitative estimate of drug-likeness (QED) is 0.940. The Kier molecular flexibility index (Phi) is 3.69. The highest BCUT2D eigenvalue weighted by atomic mass is 79.9. The van der Waals surface area contributed by atoms with Crippen LogP contribution >= 0.6 is 15.9 Å². The van der Waals surface area contributed by atoms with Crippen molar-refractivity contribution in [2.75, 3.05) is 0 Å². The largest absolute Gasteiger partial charge is 0.326 e. The van der Waals surface area contributed by atoms with Gasteiger partial charge in [-0.15, -0.1) is 0 Å². The fraction of sp³-hybridized carbons (Fsp3) is 0.250. The van der Waals surface area contributed by atoms with E-state index in [2.05, 4.69) is 63.3 Å². The van der Waals surface area contributed by atoms with Gasteiger partial charge in [-0.2, -0.15) is 0 Å². The van der Waals surface area contributed by atoms with Crippen molar-refractivity contribution < 1.29 is 0 Å². The molecule has 2 nitrogen and oxygen atoms in total. The molecule has 0 saturated heterocycles. The molecule has 19 heavy (non-hydrogen) atoms. The summed E-state index contributed by atoms with van der Waals surface area (Å²) < 4.78 is 1.17. The fourth-order valence-corrected chi connectivity index (χ4v) is 2.99. The molecule has 0 aliphatic carbocycles. The van der Waals surface area contributed by atoms with Crippen LogP contribution in [0.1, 0.15) is 22.3 Å². The minimum absolute atomic E-state index is 0.615. The monoisotopic (exact) mass is 316 g/mol. The SMILES string of the molecule is NCc1ccc(CN2Cc3ccc(Br)cc3C2)cc1. The van der Waals surface area contributed by atoms with Crippen LogP contribution in [0, 0.1) is 0 Å². The Morgan fingerprint density at radius 1 is 0.947 bits per heavy atom. The molecule has 0 atom stereocenters. The molecule has 0 bridgehead atoms. The summed E-state index contributed by atoms with van der Waals surface area (Å²) in [5, 5.41) is 0. The lowest BCUT2D eigenvalue weighted by molar-refractivity contribution is 0.275. The Morgan fingerprint density at radius 2 is 1.63 bits per heavy atom. The summed E-state index contributed by atoms with van der Waals surface area (Å²) in [5.74, 6) is 0. The lowest BCUT2D eigenvalue weighted by Crippen LogP contribution is -2.15. The molecule has 2 aromatic carbocycles. The molecule has 0 spiro atoms. The third-order valence-corrected chi connectivity index (χ3v) is 4.11. The third-order valence-electron chi connectivity index (χ3n) is 3.62. The van der Waals surface area contributed by atoms with Crippen LogP contribution < -0.4 is 5.73 Å². The van der Waals surface area contributed by atoms with Crippen LogP contribution in [0.15, 0.2) is 46.9 Å². The second kappa shape index (κ2) is 5.45. The van der Waals surface area contributed by atoms with E-state index in [-0.39, 0.29) is 0 Å². The summed E-state index contributed by atoms with van der Waals surface area (Å²) in [4.78, 5) is 2.47. The molecule has 3 heteroatoms. The molecule has 0 unspecified atom stereocenters. The first-order valence-corrected chi connectivity index (χ1v) is 7.31. The molecule has 0 radical (unpaired) electrons. The van der Waals surface area contributed by atoms with Crippen molar-refractivity contribution in [2.45, 2.75) is 26.2 Å². The second-order valence-corrected chi connectivity index (χ2v) is 5.99. The van der Waals surface area contributed by atoms with Crippen LogP contribution in [0.5, 0.6) is 0 Å². The van der Waals surface area contributed by atoms with Gasteiger partial charge in [-0.1, -0.05) is 46.3 Å². The molecule has 3 rings (SSSR count). The maximum atomic E-state index is 5.62. The Bertz CT molecular complexity index is 578. The number of nitrogens with two attached hydrogens (primary N) is 1. The van der Waals surface area contributed by atoms with Gasteiger partial charge in [0.25, 0.3) is 0 Å². The summed E-state index contributed by atoms with van der Waals surface area (Å²) in [6.45, 7) is 3.69. The van der Waals surface area contributed by atoms with E-state index in [1.54, 1.807) is 0 Å². The van der Waals surface area contributed by atoms with Crippen molar-refractivity contribution in [3.63, 3.8) is 0 Å². The van der Waals surface area contributed by atoms with E-state index in [9.17, 15) is 0 Å². The highest BCUT2D eigenvalue weighted by Gasteiger charge is 2.18. The van der Waals surface area contributed by atoms with Crippen molar-refractivity contribution in [3.8, 4) is 0 Å². The van der Waals surface area contributed by atoms with Crippen molar-refractivity contribution >= 4 is 15.9 Å². The predicted molar refractivity (Wildman–Crippen MR) is 81.4 cm³/mol. The number of rotatable bonds is 3. The number of nitrogens with zero attached hydrogens (tertiary/aromatic N) is 1. The smallest absolute Gasteiger partial charge is 0.0244 e. The average Bonchev–Trinajstić information content (AvgIpc) is 2.81. The molecule has 1 heterocycles. The van der Waals surface area contributed by atoms with Crippen LogP contribution in [0.25, 0.3) is 0 Å². The number of halogens is 1. The highest BCUT2D eigenvalue weighted by molar-refractivity contribution is 9.10. The topological polar surface area (TPSA) is 29.3 Å². The number of benzene rings is 2. The standard InChI is InChI=1S/C16H17BrN2/c17-16-6-5-14-10-19(11-15(14)7-16)9-13-3-1-12(8-18)2-4-13/h1-7H,8-11,18H2. The maximum Gasteiger partial charge on any atom is 0.0244 e. The van der Waals surface area contributed by atoms with Gasteiger partial charge >= 0.3 is 0 Å². The number of hydrogen-bond donors (Lipinski definition) is 1.